The van der Waals surface area contributed by atoms with Gasteiger partial charge in [-0.2, -0.15) is 0 Å². The lowest BCUT2D eigenvalue weighted by atomic mass is 10.2. The lowest BCUT2D eigenvalue weighted by Crippen LogP contribution is -2.12. The van der Waals surface area contributed by atoms with Crippen molar-refractivity contribution in [2.75, 3.05) is 5.32 Å². The van der Waals surface area contributed by atoms with Crippen LogP contribution in [0.3, 0.4) is 0 Å². The van der Waals surface area contributed by atoms with Crippen molar-refractivity contribution in [3.05, 3.63) is 58.6 Å². The molecule has 0 saturated carbocycles. The van der Waals surface area contributed by atoms with Gasteiger partial charge in [-0.15, -0.1) is 0 Å². The first-order valence-electron chi connectivity index (χ1n) is 5.21. The lowest BCUT2D eigenvalue weighted by Gasteiger charge is -2.07. The molecule has 6 heteroatoms. The van der Waals surface area contributed by atoms with Crippen LogP contribution in [0.2, 0.25) is 5.02 Å². The number of benzene rings is 2. The number of halogens is 3. The standard InChI is InChI=1S/C13H8ClF2NO2/c14-12-2-1-10(18)6-11(12)13(19)17-9-4-7(15)3-8(16)5-9/h1-6,18H,(H,17,19). The molecule has 0 bridgehead atoms. The molecule has 0 aliphatic heterocycles. The molecule has 19 heavy (non-hydrogen) atoms. The van der Waals surface area contributed by atoms with Gasteiger partial charge in [-0.25, -0.2) is 8.78 Å². The van der Waals surface area contributed by atoms with E-state index in [4.69, 9.17) is 11.6 Å². The third kappa shape index (κ3) is 3.20. The summed E-state index contributed by atoms with van der Waals surface area (Å²) in [5.74, 6) is -2.43. The molecule has 2 rings (SSSR count). The summed E-state index contributed by atoms with van der Waals surface area (Å²) in [6.45, 7) is 0. The van der Waals surface area contributed by atoms with Gasteiger partial charge in [0.2, 0.25) is 0 Å². The van der Waals surface area contributed by atoms with Crippen LogP contribution in [0.25, 0.3) is 0 Å². The summed E-state index contributed by atoms with van der Waals surface area (Å²) in [5, 5.41) is 11.7. The van der Waals surface area contributed by atoms with E-state index in [1.807, 2.05) is 0 Å². The number of phenolic OH excluding ortho intramolecular Hbond substituents is 1. The summed E-state index contributed by atoms with van der Waals surface area (Å²) in [5.41, 5.74) is -0.0340. The van der Waals surface area contributed by atoms with Crippen molar-refractivity contribution in [3.8, 4) is 5.75 Å². The first kappa shape index (κ1) is 13.3. The van der Waals surface area contributed by atoms with Gasteiger partial charge in [0.25, 0.3) is 5.91 Å². The van der Waals surface area contributed by atoms with Crippen LogP contribution in [0.4, 0.5) is 14.5 Å². The number of aromatic hydroxyl groups is 1. The van der Waals surface area contributed by atoms with E-state index in [1.165, 1.54) is 12.1 Å². The van der Waals surface area contributed by atoms with Crippen LogP contribution in [-0.2, 0) is 0 Å². The molecule has 0 radical (unpaired) electrons. The second kappa shape index (κ2) is 5.24. The summed E-state index contributed by atoms with van der Waals surface area (Å²) < 4.78 is 25.9. The number of carbonyl (C=O) groups is 1. The van der Waals surface area contributed by atoms with Crippen LogP contribution in [0.1, 0.15) is 10.4 Å². The van der Waals surface area contributed by atoms with Crippen LogP contribution in [0.5, 0.6) is 5.75 Å². The normalized spacial score (nSPS) is 10.3. The fourth-order valence-electron chi connectivity index (χ4n) is 1.51. The molecule has 2 N–H and O–H groups in total. The van der Waals surface area contributed by atoms with Gasteiger partial charge in [0, 0.05) is 11.8 Å². The van der Waals surface area contributed by atoms with E-state index in [0.29, 0.717) is 6.07 Å². The highest BCUT2D eigenvalue weighted by Crippen LogP contribution is 2.22. The Morgan fingerprint density at radius 1 is 1.11 bits per heavy atom. The molecule has 0 aliphatic rings. The molecule has 0 spiro atoms. The van der Waals surface area contributed by atoms with E-state index >= 15 is 0 Å². The van der Waals surface area contributed by atoms with Gasteiger partial charge in [0.05, 0.1) is 10.6 Å². The summed E-state index contributed by atoms with van der Waals surface area (Å²) >= 11 is 5.80. The third-order valence-corrected chi connectivity index (χ3v) is 2.64. The number of phenols is 1. The minimum absolute atomic E-state index is 0.00587. The van der Waals surface area contributed by atoms with Gasteiger partial charge in [-0.05, 0) is 30.3 Å². The zero-order valence-corrected chi connectivity index (χ0v) is 10.2. The van der Waals surface area contributed by atoms with Crippen molar-refractivity contribution in [1.29, 1.82) is 0 Å². The summed E-state index contributed by atoms with van der Waals surface area (Å²) in [6.07, 6.45) is 0. The molecule has 0 fully saturated rings. The number of rotatable bonds is 2. The molecular weight excluding hydrogens is 276 g/mol. The van der Waals surface area contributed by atoms with Gasteiger partial charge in [0.15, 0.2) is 0 Å². The highest BCUT2D eigenvalue weighted by atomic mass is 35.5. The van der Waals surface area contributed by atoms with Crippen molar-refractivity contribution in [2.24, 2.45) is 0 Å². The van der Waals surface area contributed by atoms with Crippen LogP contribution < -0.4 is 5.32 Å². The van der Waals surface area contributed by atoms with Gasteiger partial charge in [-0.3, -0.25) is 4.79 Å². The molecule has 2 aromatic rings. The van der Waals surface area contributed by atoms with E-state index in [9.17, 15) is 18.7 Å². The molecular formula is C13H8ClF2NO2. The van der Waals surface area contributed by atoms with Crippen molar-refractivity contribution in [3.63, 3.8) is 0 Å². The second-order valence-electron chi connectivity index (χ2n) is 3.78. The monoisotopic (exact) mass is 283 g/mol. The number of hydrogen-bond donors (Lipinski definition) is 2. The SMILES string of the molecule is O=C(Nc1cc(F)cc(F)c1)c1cc(O)ccc1Cl. The minimum atomic E-state index is -0.808. The lowest BCUT2D eigenvalue weighted by molar-refractivity contribution is 0.102. The fourth-order valence-corrected chi connectivity index (χ4v) is 1.72. The Kier molecular flexibility index (Phi) is 3.66. The Hall–Kier alpha value is -2.14. The van der Waals surface area contributed by atoms with Crippen LogP contribution >= 0.6 is 11.6 Å². The van der Waals surface area contributed by atoms with Crippen LogP contribution in [0, 0.1) is 11.6 Å². The van der Waals surface area contributed by atoms with Gasteiger partial charge in [-0.1, -0.05) is 11.6 Å². The van der Waals surface area contributed by atoms with Gasteiger partial charge >= 0.3 is 0 Å². The Morgan fingerprint density at radius 2 is 1.74 bits per heavy atom. The molecule has 0 aromatic heterocycles. The number of amides is 1. The zero-order valence-electron chi connectivity index (χ0n) is 9.45. The maximum absolute atomic E-state index is 13.0. The van der Waals surface area contributed by atoms with Crippen molar-refractivity contribution < 1.29 is 18.7 Å². The Bertz CT molecular complexity index is 626. The molecule has 0 aliphatic carbocycles. The maximum atomic E-state index is 13.0. The predicted octanol–water partition coefficient (Wildman–Crippen LogP) is 3.58. The van der Waals surface area contributed by atoms with Gasteiger partial charge in [0.1, 0.15) is 17.4 Å². The van der Waals surface area contributed by atoms with Crippen molar-refractivity contribution in [1.82, 2.24) is 0 Å². The Labute approximate surface area is 112 Å². The summed E-state index contributed by atoms with van der Waals surface area (Å²) in [6, 6.07) is 6.46. The Balaban J connectivity index is 2.28. The van der Waals surface area contributed by atoms with Crippen LogP contribution in [0.15, 0.2) is 36.4 Å². The molecule has 0 heterocycles. The zero-order chi connectivity index (χ0) is 14.0. The number of anilines is 1. The molecule has 2 aromatic carbocycles. The first-order valence-corrected chi connectivity index (χ1v) is 5.59. The highest BCUT2D eigenvalue weighted by molar-refractivity contribution is 6.34. The topological polar surface area (TPSA) is 49.3 Å². The largest absolute Gasteiger partial charge is 0.508 e. The average Bonchev–Trinajstić information content (AvgIpc) is 2.30. The Morgan fingerprint density at radius 3 is 2.37 bits per heavy atom. The van der Waals surface area contributed by atoms with Crippen molar-refractivity contribution >= 4 is 23.2 Å². The summed E-state index contributed by atoms with van der Waals surface area (Å²) in [4.78, 5) is 11.9. The first-order chi connectivity index (χ1) is 8.95. The third-order valence-electron chi connectivity index (χ3n) is 2.31. The van der Waals surface area contributed by atoms with Gasteiger partial charge < -0.3 is 10.4 Å². The average molecular weight is 284 g/mol. The molecule has 98 valence electrons. The molecule has 0 atom stereocenters. The maximum Gasteiger partial charge on any atom is 0.257 e. The molecule has 3 nitrogen and oxygen atoms in total. The highest BCUT2D eigenvalue weighted by Gasteiger charge is 2.12. The van der Waals surface area contributed by atoms with E-state index in [0.717, 1.165) is 18.2 Å². The van der Waals surface area contributed by atoms with E-state index in [2.05, 4.69) is 5.32 Å². The fraction of sp³-hybridized carbons (Fsp3) is 0. The predicted molar refractivity (Wildman–Crippen MR) is 67.4 cm³/mol. The summed E-state index contributed by atoms with van der Waals surface area (Å²) in [7, 11) is 0. The minimum Gasteiger partial charge on any atom is -0.508 e. The molecule has 0 unspecified atom stereocenters. The smallest absolute Gasteiger partial charge is 0.257 e. The van der Waals surface area contributed by atoms with Crippen molar-refractivity contribution in [2.45, 2.75) is 0 Å². The van der Waals surface area contributed by atoms with E-state index in [-0.39, 0.29) is 22.0 Å². The number of nitrogens with one attached hydrogen (secondary N) is 1. The molecule has 1 amide bonds. The number of hydrogen-bond acceptors (Lipinski definition) is 2. The van der Waals surface area contributed by atoms with E-state index in [1.54, 1.807) is 0 Å². The molecule has 0 saturated heterocycles. The quantitative estimate of drug-likeness (QED) is 0.885. The second-order valence-corrected chi connectivity index (χ2v) is 4.18. The van der Waals surface area contributed by atoms with Crippen LogP contribution in [-0.4, -0.2) is 11.0 Å². The van der Waals surface area contributed by atoms with E-state index < -0.39 is 17.5 Å². The number of carbonyl (C=O) groups excluding carboxylic acids is 1.